The molecule has 1 aliphatic rings. The van der Waals surface area contributed by atoms with Crippen LogP contribution < -0.4 is 5.73 Å². The predicted octanol–water partition coefficient (Wildman–Crippen LogP) is -0.529. The van der Waals surface area contributed by atoms with Gasteiger partial charge >= 0.3 is 5.97 Å². The predicted molar refractivity (Wildman–Crippen MR) is 76.5 cm³/mol. The minimum Gasteiger partial charge on any atom is -0.468 e. The van der Waals surface area contributed by atoms with Crippen LogP contribution in [-0.4, -0.2) is 66.5 Å². The molecule has 2 N–H and O–H groups in total. The van der Waals surface area contributed by atoms with Gasteiger partial charge in [0, 0.05) is 44.5 Å². The second kappa shape index (κ2) is 7.14. The Morgan fingerprint density at radius 1 is 1.33 bits per heavy atom. The highest BCUT2D eigenvalue weighted by Gasteiger charge is 2.23. The Kier molecular flexibility index (Phi) is 5.24. The fourth-order valence-electron chi connectivity index (χ4n) is 2.26. The maximum atomic E-state index is 12.4. The number of carbonyl (C=O) groups is 2. The number of rotatable bonds is 4. The Bertz CT molecular complexity index is 513. The molecule has 0 bridgehead atoms. The molecule has 0 atom stereocenters. The molecule has 0 radical (unpaired) electrons. The van der Waals surface area contributed by atoms with Crippen molar-refractivity contribution >= 4 is 11.9 Å². The molecule has 1 aromatic heterocycles. The lowest BCUT2D eigenvalue weighted by Gasteiger charge is -2.34. The zero-order valence-electron chi connectivity index (χ0n) is 12.1. The number of hydrogen-bond donors (Lipinski definition) is 1. The molecule has 1 amide bonds. The lowest BCUT2D eigenvalue weighted by atomic mass is 10.2. The van der Waals surface area contributed by atoms with Crippen molar-refractivity contribution in [3.8, 4) is 0 Å². The summed E-state index contributed by atoms with van der Waals surface area (Å²) in [5.41, 5.74) is 6.84. The van der Waals surface area contributed by atoms with Crippen molar-refractivity contribution in [3.05, 3.63) is 29.6 Å². The molecule has 2 rings (SSSR count). The van der Waals surface area contributed by atoms with Crippen LogP contribution >= 0.6 is 0 Å². The Balaban J connectivity index is 1.92. The van der Waals surface area contributed by atoms with Gasteiger partial charge in [0.05, 0.1) is 19.3 Å². The monoisotopic (exact) mass is 292 g/mol. The Hall–Kier alpha value is -1.99. The van der Waals surface area contributed by atoms with Gasteiger partial charge in [0.2, 0.25) is 0 Å². The van der Waals surface area contributed by atoms with Crippen molar-refractivity contribution < 1.29 is 14.3 Å². The summed E-state index contributed by atoms with van der Waals surface area (Å²) >= 11 is 0. The Morgan fingerprint density at radius 2 is 2.05 bits per heavy atom. The first-order valence-corrected chi connectivity index (χ1v) is 6.87. The van der Waals surface area contributed by atoms with Gasteiger partial charge < -0.3 is 15.4 Å². The van der Waals surface area contributed by atoms with Crippen molar-refractivity contribution in [1.29, 1.82) is 0 Å². The quantitative estimate of drug-likeness (QED) is 0.751. The van der Waals surface area contributed by atoms with Gasteiger partial charge in [0.15, 0.2) is 0 Å². The van der Waals surface area contributed by atoms with Crippen LogP contribution in [0.5, 0.6) is 0 Å². The molecule has 0 aromatic carbocycles. The van der Waals surface area contributed by atoms with Crippen LogP contribution in [0.3, 0.4) is 0 Å². The zero-order chi connectivity index (χ0) is 15.2. The van der Waals surface area contributed by atoms with Crippen molar-refractivity contribution in [3.63, 3.8) is 0 Å². The lowest BCUT2D eigenvalue weighted by Crippen LogP contribution is -2.50. The highest BCUT2D eigenvalue weighted by Crippen LogP contribution is 2.09. The number of carbonyl (C=O) groups excluding carboxylic acids is 2. The van der Waals surface area contributed by atoms with Crippen molar-refractivity contribution in [2.24, 2.45) is 5.73 Å². The van der Waals surface area contributed by atoms with E-state index >= 15 is 0 Å². The standard InChI is InChI=1S/C14H20N4O3/c1-21-13(19)10-17-4-6-18(7-5-17)14(20)11-2-3-16-12(8-11)9-15/h2-3,8H,4-7,9-10,15H2,1H3. The average molecular weight is 292 g/mol. The minimum absolute atomic E-state index is 0.0233. The highest BCUT2D eigenvalue weighted by molar-refractivity contribution is 5.94. The first kappa shape index (κ1) is 15.4. The number of aromatic nitrogens is 1. The molecule has 1 aromatic rings. The fraction of sp³-hybridized carbons (Fsp3) is 0.500. The van der Waals surface area contributed by atoms with E-state index in [-0.39, 0.29) is 18.4 Å². The molecule has 21 heavy (non-hydrogen) atoms. The van der Waals surface area contributed by atoms with Gasteiger partial charge in [0.25, 0.3) is 5.91 Å². The lowest BCUT2D eigenvalue weighted by molar-refractivity contribution is -0.142. The number of hydrogen-bond acceptors (Lipinski definition) is 6. The summed E-state index contributed by atoms with van der Waals surface area (Å²) in [6, 6.07) is 3.42. The van der Waals surface area contributed by atoms with Crippen LogP contribution in [0.15, 0.2) is 18.3 Å². The van der Waals surface area contributed by atoms with Gasteiger partial charge in [-0.25, -0.2) is 0 Å². The molecule has 7 nitrogen and oxygen atoms in total. The third kappa shape index (κ3) is 3.99. The van der Waals surface area contributed by atoms with E-state index in [0.717, 1.165) is 0 Å². The number of esters is 1. The highest BCUT2D eigenvalue weighted by atomic mass is 16.5. The smallest absolute Gasteiger partial charge is 0.319 e. The maximum absolute atomic E-state index is 12.4. The van der Waals surface area contributed by atoms with Crippen molar-refractivity contribution in [2.45, 2.75) is 6.54 Å². The number of methoxy groups -OCH3 is 1. The van der Waals surface area contributed by atoms with Gasteiger partial charge in [-0.2, -0.15) is 0 Å². The number of piperazine rings is 1. The van der Waals surface area contributed by atoms with Crippen molar-refractivity contribution in [1.82, 2.24) is 14.8 Å². The van der Waals surface area contributed by atoms with E-state index < -0.39 is 0 Å². The summed E-state index contributed by atoms with van der Waals surface area (Å²) < 4.78 is 4.64. The molecule has 0 saturated carbocycles. The first-order valence-electron chi connectivity index (χ1n) is 6.87. The van der Waals surface area contributed by atoms with E-state index in [1.807, 2.05) is 4.90 Å². The topological polar surface area (TPSA) is 88.8 Å². The van der Waals surface area contributed by atoms with Crippen LogP contribution in [0.1, 0.15) is 16.1 Å². The second-order valence-corrected chi connectivity index (χ2v) is 4.88. The van der Waals surface area contributed by atoms with Gasteiger partial charge in [-0.15, -0.1) is 0 Å². The summed E-state index contributed by atoms with van der Waals surface area (Å²) in [7, 11) is 1.38. The van der Waals surface area contributed by atoms with E-state index in [9.17, 15) is 9.59 Å². The molecule has 2 heterocycles. The SMILES string of the molecule is COC(=O)CN1CCN(C(=O)c2ccnc(CN)c2)CC1. The van der Waals surface area contributed by atoms with E-state index in [4.69, 9.17) is 5.73 Å². The van der Waals surface area contributed by atoms with Gasteiger partial charge in [-0.3, -0.25) is 19.5 Å². The number of ether oxygens (including phenoxy) is 1. The third-order valence-electron chi connectivity index (χ3n) is 3.51. The summed E-state index contributed by atoms with van der Waals surface area (Å²) in [6.07, 6.45) is 1.60. The van der Waals surface area contributed by atoms with Crippen LogP contribution in [0.2, 0.25) is 0 Å². The molecule has 1 fully saturated rings. The molecule has 7 heteroatoms. The molecule has 0 aliphatic carbocycles. The van der Waals surface area contributed by atoms with E-state index in [2.05, 4.69) is 9.72 Å². The fourth-order valence-corrected chi connectivity index (χ4v) is 2.26. The number of pyridine rings is 1. The number of amides is 1. The number of nitrogens with zero attached hydrogens (tertiary/aromatic N) is 3. The molecule has 0 spiro atoms. The van der Waals surface area contributed by atoms with E-state index in [0.29, 0.717) is 44.0 Å². The maximum Gasteiger partial charge on any atom is 0.319 e. The van der Waals surface area contributed by atoms with Crippen LogP contribution in [0.25, 0.3) is 0 Å². The summed E-state index contributed by atoms with van der Waals surface area (Å²) in [4.78, 5) is 31.5. The zero-order valence-corrected chi connectivity index (χ0v) is 12.1. The average Bonchev–Trinajstić information content (AvgIpc) is 2.54. The molecule has 0 unspecified atom stereocenters. The Morgan fingerprint density at radius 3 is 2.67 bits per heavy atom. The van der Waals surface area contributed by atoms with Crippen molar-refractivity contribution in [2.75, 3.05) is 39.8 Å². The summed E-state index contributed by atoms with van der Waals surface area (Å²) in [5, 5.41) is 0. The van der Waals surface area contributed by atoms with E-state index in [1.54, 1.807) is 23.2 Å². The molecular formula is C14H20N4O3. The summed E-state index contributed by atoms with van der Waals surface area (Å²) in [6.45, 7) is 3.09. The second-order valence-electron chi connectivity index (χ2n) is 4.88. The van der Waals surface area contributed by atoms with E-state index in [1.165, 1.54) is 7.11 Å². The molecule has 114 valence electrons. The Labute approximate surface area is 123 Å². The van der Waals surface area contributed by atoms with Crippen LogP contribution in [0, 0.1) is 0 Å². The first-order chi connectivity index (χ1) is 10.1. The van der Waals surface area contributed by atoms with Gasteiger partial charge in [-0.1, -0.05) is 0 Å². The van der Waals surface area contributed by atoms with Crippen LogP contribution in [0.4, 0.5) is 0 Å². The third-order valence-corrected chi connectivity index (χ3v) is 3.51. The normalized spacial score (nSPS) is 15.8. The largest absolute Gasteiger partial charge is 0.468 e. The summed E-state index contributed by atoms with van der Waals surface area (Å²) in [5.74, 6) is -0.277. The van der Waals surface area contributed by atoms with Gasteiger partial charge in [-0.05, 0) is 12.1 Å². The van der Waals surface area contributed by atoms with Gasteiger partial charge in [0.1, 0.15) is 0 Å². The molecular weight excluding hydrogens is 272 g/mol. The minimum atomic E-state index is -0.253. The molecule has 1 aliphatic heterocycles. The number of nitrogens with two attached hydrogens (primary N) is 1. The van der Waals surface area contributed by atoms with Crippen LogP contribution in [-0.2, 0) is 16.1 Å². The molecule has 1 saturated heterocycles.